The minimum Gasteiger partial charge on any atom is -0.300 e. The number of ketones is 1. The van der Waals surface area contributed by atoms with E-state index in [0.717, 1.165) is 12.8 Å². The fraction of sp³-hybridized carbons (Fsp3) is 0.480. The first-order valence-electron chi connectivity index (χ1n) is 10.2. The molecule has 2 saturated carbocycles. The molecular weight excluding hydrogens is 316 g/mol. The van der Waals surface area contributed by atoms with Gasteiger partial charge < -0.3 is 0 Å². The fourth-order valence-electron chi connectivity index (χ4n) is 5.10. The van der Waals surface area contributed by atoms with E-state index in [2.05, 4.69) is 74.5 Å². The van der Waals surface area contributed by atoms with E-state index < -0.39 is 0 Å². The smallest absolute Gasteiger partial charge is 0.133 e. The standard InChI is InChI=1S/C25H30O/c1-19(24(13-14-24)21-9-5-3-6-10-21)17-23(26)18-20(2)25(15-16-25)22-11-7-4-8-12-22/h3-12,19-20H,13-18H2,1-2H3. The maximum atomic E-state index is 12.9. The van der Waals surface area contributed by atoms with Crippen LogP contribution in [0.15, 0.2) is 60.7 Å². The molecule has 0 aromatic heterocycles. The summed E-state index contributed by atoms with van der Waals surface area (Å²) in [7, 11) is 0. The normalized spacial score (nSPS) is 21.6. The van der Waals surface area contributed by atoms with Crippen LogP contribution in [0.2, 0.25) is 0 Å². The van der Waals surface area contributed by atoms with Gasteiger partial charge in [-0.3, -0.25) is 4.79 Å². The highest BCUT2D eigenvalue weighted by Gasteiger charge is 2.50. The van der Waals surface area contributed by atoms with Gasteiger partial charge >= 0.3 is 0 Å². The fourth-order valence-corrected chi connectivity index (χ4v) is 5.10. The summed E-state index contributed by atoms with van der Waals surface area (Å²) in [6.45, 7) is 4.57. The van der Waals surface area contributed by atoms with Crippen molar-refractivity contribution >= 4 is 5.78 Å². The van der Waals surface area contributed by atoms with Crippen molar-refractivity contribution < 1.29 is 4.79 Å². The van der Waals surface area contributed by atoms with Gasteiger partial charge in [-0.1, -0.05) is 74.5 Å². The minimum atomic E-state index is 0.261. The van der Waals surface area contributed by atoms with Crippen LogP contribution >= 0.6 is 0 Å². The highest BCUT2D eigenvalue weighted by molar-refractivity contribution is 5.79. The molecule has 0 amide bonds. The van der Waals surface area contributed by atoms with Gasteiger partial charge in [-0.2, -0.15) is 0 Å². The summed E-state index contributed by atoms with van der Waals surface area (Å²) in [6, 6.07) is 21.6. The van der Waals surface area contributed by atoms with E-state index >= 15 is 0 Å². The lowest BCUT2D eigenvalue weighted by Gasteiger charge is -2.26. The summed E-state index contributed by atoms with van der Waals surface area (Å²) in [5.41, 5.74) is 3.38. The van der Waals surface area contributed by atoms with Gasteiger partial charge in [-0.15, -0.1) is 0 Å². The van der Waals surface area contributed by atoms with E-state index in [1.807, 2.05) is 0 Å². The lowest BCUT2D eigenvalue weighted by atomic mass is 9.77. The second-order valence-electron chi connectivity index (χ2n) is 8.79. The van der Waals surface area contributed by atoms with Gasteiger partial charge in [0.2, 0.25) is 0 Å². The zero-order valence-electron chi connectivity index (χ0n) is 16.1. The molecule has 1 nitrogen and oxygen atoms in total. The van der Waals surface area contributed by atoms with Crippen LogP contribution in [0.25, 0.3) is 0 Å². The number of rotatable bonds is 8. The SMILES string of the molecule is CC(CC(=O)CC(C)C1(c2ccccc2)CC1)C1(c2ccccc2)CC1. The molecule has 2 unspecified atom stereocenters. The Morgan fingerprint density at radius 2 is 1.08 bits per heavy atom. The monoisotopic (exact) mass is 346 g/mol. The van der Waals surface area contributed by atoms with Crippen molar-refractivity contribution in [3.8, 4) is 0 Å². The maximum Gasteiger partial charge on any atom is 0.133 e. The van der Waals surface area contributed by atoms with Crippen molar-refractivity contribution in [1.29, 1.82) is 0 Å². The van der Waals surface area contributed by atoms with Crippen LogP contribution in [0.1, 0.15) is 63.5 Å². The van der Waals surface area contributed by atoms with Crippen molar-refractivity contribution in [2.45, 2.75) is 63.2 Å². The first-order chi connectivity index (χ1) is 12.6. The van der Waals surface area contributed by atoms with Crippen LogP contribution in [-0.4, -0.2) is 5.78 Å². The third-order valence-corrected chi connectivity index (χ3v) is 7.23. The number of benzene rings is 2. The molecule has 2 aliphatic rings. The minimum absolute atomic E-state index is 0.261. The van der Waals surface area contributed by atoms with E-state index in [4.69, 9.17) is 0 Å². The molecule has 26 heavy (non-hydrogen) atoms. The van der Waals surface area contributed by atoms with Crippen LogP contribution in [-0.2, 0) is 15.6 Å². The van der Waals surface area contributed by atoms with Crippen molar-refractivity contribution in [2.24, 2.45) is 11.8 Å². The number of carbonyl (C=O) groups is 1. The van der Waals surface area contributed by atoms with Gasteiger partial charge in [-0.05, 0) is 59.5 Å². The number of hydrogen-bond donors (Lipinski definition) is 0. The van der Waals surface area contributed by atoms with Gasteiger partial charge in [0.1, 0.15) is 5.78 Å². The molecule has 136 valence electrons. The highest BCUT2D eigenvalue weighted by atomic mass is 16.1. The second kappa shape index (κ2) is 6.68. The van der Waals surface area contributed by atoms with E-state index in [-0.39, 0.29) is 10.8 Å². The van der Waals surface area contributed by atoms with Gasteiger partial charge in [0.05, 0.1) is 0 Å². The van der Waals surface area contributed by atoms with Gasteiger partial charge in [0, 0.05) is 12.8 Å². The van der Waals surface area contributed by atoms with Crippen molar-refractivity contribution in [2.75, 3.05) is 0 Å². The van der Waals surface area contributed by atoms with Crippen LogP contribution < -0.4 is 0 Å². The Morgan fingerprint density at radius 3 is 1.38 bits per heavy atom. The number of hydrogen-bond acceptors (Lipinski definition) is 1. The Hall–Kier alpha value is -1.89. The van der Waals surface area contributed by atoms with Gasteiger partial charge in [-0.25, -0.2) is 0 Å². The molecule has 0 heterocycles. The van der Waals surface area contributed by atoms with Crippen LogP contribution in [0.5, 0.6) is 0 Å². The van der Waals surface area contributed by atoms with E-state index in [1.54, 1.807) is 0 Å². The molecular formula is C25H30O. The molecule has 2 aromatic rings. The van der Waals surface area contributed by atoms with E-state index in [9.17, 15) is 4.79 Å². The maximum absolute atomic E-state index is 12.9. The third-order valence-electron chi connectivity index (χ3n) is 7.23. The number of Topliss-reactive ketones (excluding diaryl/α,β-unsaturated/α-hetero) is 1. The third kappa shape index (κ3) is 3.13. The molecule has 0 spiro atoms. The molecule has 0 aliphatic heterocycles. The zero-order valence-corrected chi connectivity index (χ0v) is 16.1. The summed E-state index contributed by atoms with van der Waals surface area (Å²) >= 11 is 0. The highest BCUT2D eigenvalue weighted by Crippen LogP contribution is 2.56. The molecule has 0 bridgehead atoms. The van der Waals surface area contributed by atoms with Gasteiger partial charge in [0.25, 0.3) is 0 Å². The van der Waals surface area contributed by atoms with E-state index in [0.29, 0.717) is 17.6 Å². The number of carbonyl (C=O) groups excluding carboxylic acids is 1. The molecule has 1 heteroatoms. The Bertz CT molecular complexity index is 688. The largest absolute Gasteiger partial charge is 0.300 e. The van der Waals surface area contributed by atoms with Crippen molar-refractivity contribution in [3.05, 3.63) is 71.8 Å². The van der Waals surface area contributed by atoms with E-state index in [1.165, 1.54) is 36.8 Å². The quantitative estimate of drug-likeness (QED) is 0.567. The lowest BCUT2D eigenvalue weighted by Crippen LogP contribution is -2.25. The first-order valence-corrected chi connectivity index (χ1v) is 10.2. The predicted molar refractivity (Wildman–Crippen MR) is 107 cm³/mol. The molecule has 2 aliphatic carbocycles. The average molecular weight is 347 g/mol. The predicted octanol–water partition coefficient (Wildman–Crippen LogP) is 6.07. The molecule has 2 atom stereocenters. The zero-order chi connectivity index (χ0) is 18.2. The molecule has 0 saturated heterocycles. The van der Waals surface area contributed by atoms with Crippen LogP contribution in [0.3, 0.4) is 0 Å². The average Bonchev–Trinajstić information content (AvgIpc) is 3.57. The van der Waals surface area contributed by atoms with Crippen molar-refractivity contribution in [3.63, 3.8) is 0 Å². The summed E-state index contributed by atoms with van der Waals surface area (Å²) in [5.74, 6) is 1.34. The summed E-state index contributed by atoms with van der Waals surface area (Å²) in [4.78, 5) is 12.9. The second-order valence-corrected chi connectivity index (χ2v) is 8.79. The molecule has 2 fully saturated rings. The van der Waals surface area contributed by atoms with Crippen molar-refractivity contribution in [1.82, 2.24) is 0 Å². The summed E-state index contributed by atoms with van der Waals surface area (Å²) < 4.78 is 0. The Labute approximate surface area is 157 Å². The van der Waals surface area contributed by atoms with Crippen LogP contribution in [0.4, 0.5) is 0 Å². The molecule has 0 radical (unpaired) electrons. The first kappa shape index (κ1) is 17.5. The molecule has 2 aromatic carbocycles. The Kier molecular flexibility index (Phi) is 4.50. The molecule has 0 N–H and O–H groups in total. The Morgan fingerprint density at radius 1 is 0.731 bits per heavy atom. The molecule has 4 rings (SSSR count). The summed E-state index contributed by atoms with van der Waals surface area (Å²) in [5, 5.41) is 0. The van der Waals surface area contributed by atoms with Gasteiger partial charge in [0.15, 0.2) is 0 Å². The summed E-state index contributed by atoms with van der Waals surface area (Å²) in [6.07, 6.45) is 6.38. The lowest BCUT2D eigenvalue weighted by molar-refractivity contribution is -0.121. The Balaban J connectivity index is 1.39. The topological polar surface area (TPSA) is 17.1 Å². The van der Waals surface area contributed by atoms with Crippen LogP contribution in [0, 0.1) is 11.8 Å².